The number of hydrogen-bond acceptors (Lipinski definition) is 2. The van der Waals surface area contributed by atoms with E-state index in [1.807, 2.05) is 12.3 Å². The molecule has 0 amide bonds. The third-order valence-corrected chi connectivity index (χ3v) is 2.10. The van der Waals surface area contributed by atoms with E-state index in [9.17, 15) is 0 Å². The van der Waals surface area contributed by atoms with E-state index in [1.165, 1.54) is 12.0 Å². The topological polar surface area (TPSA) is 24.9 Å². The van der Waals surface area contributed by atoms with E-state index in [2.05, 4.69) is 32.3 Å². The van der Waals surface area contributed by atoms with Crippen LogP contribution in [0.5, 0.6) is 0 Å². The van der Waals surface area contributed by atoms with Crippen LogP contribution in [0.15, 0.2) is 24.5 Å². The lowest BCUT2D eigenvalue weighted by Crippen LogP contribution is -2.14. The highest BCUT2D eigenvalue weighted by Gasteiger charge is 1.89. The lowest BCUT2D eigenvalue weighted by molar-refractivity contribution is 0.678. The average molecular weight is 229 g/mol. The summed E-state index contributed by atoms with van der Waals surface area (Å²) >= 11 is 3.38. The Bertz CT molecular complexity index is 201. The predicted molar refractivity (Wildman–Crippen MR) is 54.4 cm³/mol. The largest absolute Gasteiger partial charge is 0.313 e. The molecule has 66 valence electrons. The van der Waals surface area contributed by atoms with Gasteiger partial charge in [-0.3, -0.25) is 4.98 Å². The third-order valence-electron chi connectivity index (χ3n) is 1.54. The quantitative estimate of drug-likeness (QED) is 0.616. The first-order chi connectivity index (χ1) is 5.93. The highest BCUT2D eigenvalue weighted by molar-refractivity contribution is 9.09. The van der Waals surface area contributed by atoms with Crippen LogP contribution in [0.25, 0.3) is 0 Å². The zero-order valence-corrected chi connectivity index (χ0v) is 8.55. The highest BCUT2D eigenvalue weighted by atomic mass is 79.9. The van der Waals surface area contributed by atoms with Gasteiger partial charge in [-0.05, 0) is 24.6 Å². The molecule has 0 atom stereocenters. The maximum atomic E-state index is 4.03. The van der Waals surface area contributed by atoms with Crippen molar-refractivity contribution in [3.63, 3.8) is 0 Å². The number of hydrogen-bond donors (Lipinski definition) is 1. The van der Waals surface area contributed by atoms with Gasteiger partial charge < -0.3 is 5.32 Å². The Hall–Kier alpha value is -0.410. The molecule has 0 fully saturated rings. The summed E-state index contributed by atoms with van der Waals surface area (Å²) in [5, 5.41) is 4.40. The molecule has 1 N–H and O–H groups in total. The predicted octanol–water partition coefficient (Wildman–Crippen LogP) is 1.96. The normalized spacial score (nSPS) is 10.1. The van der Waals surface area contributed by atoms with Gasteiger partial charge in [0.25, 0.3) is 0 Å². The van der Waals surface area contributed by atoms with E-state index in [0.29, 0.717) is 0 Å². The van der Waals surface area contributed by atoms with Crippen LogP contribution in [0.2, 0.25) is 0 Å². The first-order valence-corrected chi connectivity index (χ1v) is 5.21. The van der Waals surface area contributed by atoms with Gasteiger partial charge in [0, 0.05) is 24.3 Å². The molecule has 0 aliphatic carbocycles. The SMILES string of the molecule is BrCCCNCc1cccnc1. The summed E-state index contributed by atoms with van der Waals surface area (Å²) in [4.78, 5) is 4.03. The van der Waals surface area contributed by atoms with E-state index in [4.69, 9.17) is 0 Å². The zero-order valence-electron chi connectivity index (χ0n) is 6.96. The molecule has 0 aromatic carbocycles. The molecule has 0 aliphatic rings. The lowest BCUT2D eigenvalue weighted by atomic mass is 10.3. The summed E-state index contributed by atoms with van der Waals surface area (Å²) in [6.45, 7) is 1.97. The number of halogens is 1. The monoisotopic (exact) mass is 228 g/mol. The number of nitrogens with zero attached hydrogens (tertiary/aromatic N) is 1. The second-order valence-electron chi connectivity index (χ2n) is 2.58. The van der Waals surface area contributed by atoms with Gasteiger partial charge in [-0.25, -0.2) is 0 Å². The molecule has 1 rings (SSSR count). The Morgan fingerprint density at radius 2 is 2.42 bits per heavy atom. The van der Waals surface area contributed by atoms with Crippen molar-refractivity contribution in [2.45, 2.75) is 13.0 Å². The van der Waals surface area contributed by atoms with Crippen molar-refractivity contribution in [1.82, 2.24) is 10.3 Å². The summed E-state index contributed by atoms with van der Waals surface area (Å²) in [7, 11) is 0. The molecular weight excluding hydrogens is 216 g/mol. The van der Waals surface area contributed by atoms with Crippen molar-refractivity contribution in [2.75, 3.05) is 11.9 Å². The molecule has 1 aromatic rings. The maximum Gasteiger partial charge on any atom is 0.0312 e. The molecule has 0 saturated carbocycles. The maximum absolute atomic E-state index is 4.03. The van der Waals surface area contributed by atoms with Gasteiger partial charge in [0.2, 0.25) is 0 Å². The van der Waals surface area contributed by atoms with E-state index >= 15 is 0 Å². The van der Waals surface area contributed by atoms with E-state index < -0.39 is 0 Å². The highest BCUT2D eigenvalue weighted by Crippen LogP contribution is 1.94. The number of rotatable bonds is 5. The summed E-state index contributed by atoms with van der Waals surface area (Å²) in [5.41, 5.74) is 1.24. The van der Waals surface area contributed by atoms with Crippen molar-refractivity contribution in [2.24, 2.45) is 0 Å². The molecule has 0 spiro atoms. The fraction of sp³-hybridized carbons (Fsp3) is 0.444. The summed E-state index contributed by atoms with van der Waals surface area (Å²) in [5.74, 6) is 0. The van der Waals surface area contributed by atoms with Crippen LogP contribution in [-0.4, -0.2) is 16.9 Å². The van der Waals surface area contributed by atoms with Gasteiger partial charge in [0.1, 0.15) is 0 Å². The molecule has 12 heavy (non-hydrogen) atoms. The number of alkyl halides is 1. The third kappa shape index (κ3) is 3.83. The van der Waals surface area contributed by atoms with Crippen molar-refractivity contribution in [3.05, 3.63) is 30.1 Å². The molecule has 1 heterocycles. The molecule has 3 heteroatoms. The van der Waals surface area contributed by atoms with Crippen LogP contribution in [0, 0.1) is 0 Å². The Morgan fingerprint density at radius 1 is 1.50 bits per heavy atom. The van der Waals surface area contributed by atoms with Gasteiger partial charge in [0.15, 0.2) is 0 Å². The first kappa shape index (κ1) is 9.68. The Labute approximate surface area is 81.5 Å². The van der Waals surface area contributed by atoms with Gasteiger partial charge in [0.05, 0.1) is 0 Å². The van der Waals surface area contributed by atoms with Gasteiger partial charge in [-0.2, -0.15) is 0 Å². The van der Waals surface area contributed by atoms with Crippen LogP contribution in [0.3, 0.4) is 0 Å². The average Bonchev–Trinajstić information content (AvgIpc) is 2.14. The summed E-state index contributed by atoms with van der Waals surface area (Å²) in [6, 6.07) is 4.04. The second-order valence-corrected chi connectivity index (χ2v) is 3.37. The number of pyridine rings is 1. The smallest absolute Gasteiger partial charge is 0.0312 e. The lowest BCUT2D eigenvalue weighted by Gasteiger charge is -2.01. The van der Waals surface area contributed by atoms with Gasteiger partial charge >= 0.3 is 0 Å². The van der Waals surface area contributed by atoms with Crippen LogP contribution in [0.4, 0.5) is 0 Å². The van der Waals surface area contributed by atoms with Crippen LogP contribution in [0.1, 0.15) is 12.0 Å². The number of aromatic nitrogens is 1. The zero-order chi connectivity index (χ0) is 8.65. The Kier molecular flexibility index (Phi) is 4.95. The molecule has 0 unspecified atom stereocenters. The molecule has 0 bridgehead atoms. The van der Waals surface area contributed by atoms with Crippen LogP contribution >= 0.6 is 15.9 Å². The molecule has 0 aliphatic heterocycles. The van der Waals surface area contributed by atoms with Gasteiger partial charge in [-0.1, -0.05) is 22.0 Å². The van der Waals surface area contributed by atoms with Crippen molar-refractivity contribution in [3.8, 4) is 0 Å². The molecule has 0 saturated heterocycles. The van der Waals surface area contributed by atoms with Crippen molar-refractivity contribution in [1.29, 1.82) is 0 Å². The fourth-order valence-corrected chi connectivity index (χ4v) is 1.21. The molecule has 0 radical (unpaired) electrons. The molecule has 2 nitrogen and oxygen atoms in total. The molecule has 1 aromatic heterocycles. The molecular formula is C9H13BrN2. The first-order valence-electron chi connectivity index (χ1n) is 4.09. The minimum atomic E-state index is 0.918. The van der Waals surface area contributed by atoms with E-state index in [0.717, 1.165) is 18.4 Å². The number of nitrogens with one attached hydrogen (secondary N) is 1. The van der Waals surface area contributed by atoms with Crippen LogP contribution < -0.4 is 5.32 Å². The van der Waals surface area contributed by atoms with Crippen molar-refractivity contribution >= 4 is 15.9 Å². The van der Waals surface area contributed by atoms with Gasteiger partial charge in [-0.15, -0.1) is 0 Å². The minimum absolute atomic E-state index is 0.918. The standard InChI is InChI=1S/C9H13BrN2/c10-4-2-6-12-8-9-3-1-5-11-7-9/h1,3,5,7,12H,2,4,6,8H2. The minimum Gasteiger partial charge on any atom is -0.313 e. The fourth-order valence-electron chi connectivity index (χ4n) is 0.927. The second kappa shape index (κ2) is 6.14. The summed E-state index contributed by atoms with van der Waals surface area (Å²) in [6.07, 6.45) is 4.85. The summed E-state index contributed by atoms with van der Waals surface area (Å²) < 4.78 is 0. The Morgan fingerprint density at radius 3 is 3.08 bits per heavy atom. The van der Waals surface area contributed by atoms with E-state index in [-0.39, 0.29) is 0 Å². The van der Waals surface area contributed by atoms with E-state index in [1.54, 1.807) is 6.20 Å². The Balaban J connectivity index is 2.16. The van der Waals surface area contributed by atoms with Crippen molar-refractivity contribution < 1.29 is 0 Å². The van der Waals surface area contributed by atoms with Crippen LogP contribution in [-0.2, 0) is 6.54 Å².